The molecule has 0 aromatic carbocycles. The molecule has 0 saturated carbocycles. The summed E-state index contributed by atoms with van der Waals surface area (Å²) in [5, 5.41) is 7.74. The average molecular weight is 234 g/mol. The van der Waals surface area contributed by atoms with Crippen LogP contribution in [0.3, 0.4) is 0 Å². The molecule has 0 radical (unpaired) electrons. The van der Waals surface area contributed by atoms with Crippen LogP contribution in [-0.2, 0) is 13.1 Å². The van der Waals surface area contributed by atoms with Crippen molar-refractivity contribution in [2.45, 2.75) is 26.4 Å². The van der Waals surface area contributed by atoms with Gasteiger partial charge in [0.25, 0.3) is 0 Å². The number of rotatable bonds is 6. The summed E-state index contributed by atoms with van der Waals surface area (Å²) >= 11 is 1.76. The summed E-state index contributed by atoms with van der Waals surface area (Å²) in [6, 6.07) is 4.37. The van der Waals surface area contributed by atoms with E-state index in [2.05, 4.69) is 52.1 Å². The second-order valence-corrected chi connectivity index (χ2v) is 4.78. The van der Waals surface area contributed by atoms with E-state index in [4.69, 9.17) is 0 Å². The maximum atomic E-state index is 3.41. The van der Waals surface area contributed by atoms with Gasteiger partial charge in [-0.2, -0.15) is 11.3 Å². The highest BCUT2D eigenvalue weighted by atomic mass is 32.1. The first-order chi connectivity index (χ1) is 7.88. The van der Waals surface area contributed by atoms with Crippen LogP contribution in [0.1, 0.15) is 24.5 Å². The summed E-state index contributed by atoms with van der Waals surface area (Å²) in [4.78, 5) is 0. The zero-order valence-electron chi connectivity index (χ0n) is 9.65. The van der Waals surface area contributed by atoms with Crippen molar-refractivity contribution in [3.63, 3.8) is 0 Å². The molecule has 0 aliphatic carbocycles. The zero-order valence-corrected chi connectivity index (χ0v) is 10.5. The van der Waals surface area contributed by atoms with Crippen molar-refractivity contribution in [3.8, 4) is 0 Å². The van der Waals surface area contributed by atoms with Gasteiger partial charge in [-0.1, -0.05) is 6.92 Å². The summed E-state index contributed by atoms with van der Waals surface area (Å²) in [7, 11) is 0. The van der Waals surface area contributed by atoms with Crippen LogP contribution in [0.2, 0.25) is 0 Å². The van der Waals surface area contributed by atoms with Gasteiger partial charge in [0.2, 0.25) is 0 Å². The predicted octanol–water partition coefficient (Wildman–Crippen LogP) is 3.10. The summed E-state index contributed by atoms with van der Waals surface area (Å²) in [6.45, 7) is 5.24. The molecule has 2 aromatic heterocycles. The fourth-order valence-corrected chi connectivity index (χ4v) is 2.36. The number of aromatic nitrogens is 1. The zero-order chi connectivity index (χ0) is 11.2. The first-order valence-electron chi connectivity index (χ1n) is 5.75. The molecule has 0 fully saturated rings. The van der Waals surface area contributed by atoms with E-state index in [-0.39, 0.29) is 0 Å². The predicted molar refractivity (Wildman–Crippen MR) is 69.9 cm³/mol. The molecule has 1 N–H and O–H groups in total. The van der Waals surface area contributed by atoms with E-state index in [0.29, 0.717) is 0 Å². The third-order valence-corrected chi connectivity index (χ3v) is 3.24. The molecule has 0 aliphatic heterocycles. The SMILES string of the molecule is CCCNCc1ccn(Cc2ccsc2)c1. The topological polar surface area (TPSA) is 17.0 Å². The molecule has 3 heteroatoms. The van der Waals surface area contributed by atoms with E-state index in [1.807, 2.05) is 0 Å². The molecule has 0 spiro atoms. The van der Waals surface area contributed by atoms with Gasteiger partial charge in [0.05, 0.1) is 0 Å². The highest BCUT2D eigenvalue weighted by Gasteiger charge is 1.98. The molecular weight excluding hydrogens is 216 g/mol. The quantitative estimate of drug-likeness (QED) is 0.760. The van der Waals surface area contributed by atoms with E-state index in [0.717, 1.165) is 19.6 Å². The van der Waals surface area contributed by atoms with Crippen molar-refractivity contribution in [2.75, 3.05) is 6.54 Å². The maximum Gasteiger partial charge on any atom is 0.0478 e. The monoisotopic (exact) mass is 234 g/mol. The van der Waals surface area contributed by atoms with Crippen LogP contribution in [0, 0.1) is 0 Å². The molecule has 2 aromatic rings. The summed E-state index contributed by atoms with van der Waals surface area (Å²) in [6.07, 6.45) is 5.57. The van der Waals surface area contributed by atoms with Crippen molar-refractivity contribution in [1.29, 1.82) is 0 Å². The van der Waals surface area contributed by atoms with Crippen LogP contribution >= 0.6 is 11.3 Å². The van der Waals surface area contributed by atoms with Gasteiger partial charge in [-0.05, 0) is 47.0 Å². The van der Waals surface area contributed by atoms with Crippen LogP contribution in [-0.4, -0.2) is 11.1 Å². The lowest BCUT2D eigenvalue weighted by Crippen LogP contribution is -2.13. The Labute approximate surface area is 101 Å². The van der Waals surface area contributed by atoms with Crippen molar-refractivity contribution < 1.29 is 0 Å². The molecule has 0 amide bonds. The van der Waals surface area contributed by atoms with Crippen LogP contribution < -0.4 is 5.32 Å². The lowest BCUT2D eigenvalue weighted by molar-refractivity contribution is 0.673. The highest BCUT2D eigenvalue weighted by molar-refractivity contribution is 7.07. The van der Waals surface area contributed by atoms with Crippen LogP contribution in [0.25, 0.3) is 0 Å². The van der Waals surface area contributed by atoms with Gasteiger partial charge < -0.3 is 9.88 Å². The molecule has 0 atom stereocenters. The van der Waals surface area contributed by atoms with Crippen LogP contribution in [0.4, 0.5) is 0 Å². The Balaban J connectivity index is 1.87. The Morgan fingerprint density at radius 3 is 3.00 bits per heavy atom. The fourth-order valence-electron chi connectivity index (χ4n) is 1.70. The third-order valence-electron chi connectivity index (χ3n) is 2.51. The van der Waals surface area contributed by atoms with Gasteiger partial charge in [0, 0.05) is 25.5 Å². The maximum absolute atomic E-state index is 3.41. The second-order valence-electron chi connectivity index (χ2n) is 4.00. The Morgan fingerprint density at radius 2 is 2.25 bits per heavy atom. The van der Waals surface area contributed by atoms with Crippen molar-refractivity contribution in [2.24, 2.45) is 0 Å². The van der Waals surface area contributed by atoms with Gasteiger partial charge in [0.15, 0.2) is 0 Å². The molecule has 0 unspecified atom stereocenters. The second kappa shape index (κ2) is 5.87. The first-order valence-corrected chi connectivity index (χ1v) is 6.69. The summed E-state index contributed by atoms with van der Waals surface area (Å²) < 4.78 is 2.24. The standard InChI is InChI=1S/C13H18N2S/c1-2-5-14-8-12-3-6-15(9-12)10-13-4-7-16-11-13/h3-4,6-7,9,11,14H,2,5,8,10H2,1H3. The van der Waals surface area contributed by atoms with E-state index < -0.39 is 0 Å². The Bertz CT molecular complexity index is 403. The number of hydrogen-bond acceptors (Lipinski definition) is 2. The Hall–Kier alpha value is -1.06. The van der Waals surface area contributed by atoms with E-state index in [1.165, 1.54) is 17.5 Å². The molecule has 0 aliphatic rings. The molecule has 0 saturated heterocycles. The van der Waals surface area contributed by atoms with Gasteiger partial charge in [0.1, 0.15) is 0 Å². The molecule has 16 heavy (non-hydrogen) atoms. The highest BCUT2D eigenvalue weighted by Crippen LogP contribution is 2.09. The number of hydrogen-bond donors (Lipinski definition) is 1. The van der Waals surface area contributed by atoms with E-state index >= 15 is 0 Å². The summed E-state index contributed by atoms with van der Waals surface area (Å²) in [5.74, 6) is 0. The van der Waals surface area contributed by atoms with Crippen LogP contribution in [0.5, 0.6) is 0 Å². The molecule has 2 nitrogen and oxygen atoms in total. The van der Waals surface area contributed by atoms with Crippen molar-refractivity contribution >= 4 is 11.3 Å². The molecular formula is C13H18N2S. The molecule has 2 heterocycles. The number of thiophene rings is 1. The molecule has 2 rings (SSSR count). The van der Waals surface area contributed by atoms with E-state index in [1.54, 1.807) is 11.3 Å². The smallest absolute Gasteiger partial charge is 0.0478 e. The largest absolute Gasteiger partial charge is 0.350 e. The lowest BCUT2D eigenvalue weighted by Gasteiger charge is -2.01. The lowest BCUT2D eigenvalue weighted by atomic mass is 10.3. The van der Waals surface area contributed by atoms with E-state index in [9.17, 15) is 0 Å². The number of nitrogens with zero attached hydrogens (tertiary/aromatic N) is 1. The minimum atomic E-state index is 0.977. The molecule has 0 bridgehead atoms. The van der Waals surface area contributed by atoms with Crippen molar-refractivity contribution in [1.82, 2.24) is 9.88 Å². The Kier molecular flexibility index (Phi) is 4.19. The Morgan fingerprint density at radius 1 is 1.31 bits per heavy atom. The van der Waals surface area contributed by atoms with Gasteiger partial charge in [-0.3, -0.25) is 0 Å². The first kappa shape index (κ1) is 11.4. The third kappa shape index (κ3) is 3.22. The fraction of sp³-hybridized carbons (Fsp3) is 0.385. The van der Waals surface area contributed by atoms with Gasteiger partial charge in [-0.25, -0.2) is 0 Å². The number of nitrogens with one attached hydrogen (secondary N) is 1. The van der Waals surface area contributed by atoms with Gasteiger partial charge in [-0.15, -0.1) is 0 Å². The van der Waals surface area contributed by atoms with Crippen LogP contribution in [0.15, 0.2) is 35.3 Å². The van der Waals surface area contributed by atoms with Crippen molar-refractivity contribution in [3.05, 3.63) is 46.4 Å². The molecule has 86 valence electrons. The van der Waals surface area contributed by atoms with Gasteiger partial charge >= 0.3 is 0 Å². The minimum absolute atomic E-state index is 0.977. The average Bonchev–Trinajstić information content (AvgIpc) is 2.91. The normalized spacial score (nSPS) is 10.8. The summed E-state index contributed by atoms with van der Waals surface area (Å²) in [5.41, 5.74) is 2.75. The minimum Gasteiger partial charge on any atom is -0.350 e.